The number of amides is 2. The molecule has 2 N–H and O–H groups in total. The van der Waals surface area contributed by atoms with Gasteiger partial charge in [0.05, 0.1) is 24.6 Å². The van der Waals surface area contributed by atoms with Crippen molar-refractivity contribution >= 4 is 23.2 Å². The molecule has 0 bridgehead atoms. The fourth-order valence-corrected chi connectivity index (χ4v) is 5.26. The van der Waals surface area contributed by atoms with Crippen LogP contribution in [0.5, 0.6) is 5.88 Å². The first-order valence-corrected chi connectivity index (χ1v) is 13.5. The van der Waals surface area contributed by atoms with E-state index in [-0.39, 0.29) is 34.3 Å². The van der Waals surface area contributed by atoms with Crippen LogP contribution in [0.2, 0.25) is 0 Å². The molecule has 0 saturated carbocycles. The van der Waals surface area contributed by atoms with Gasteiger partial charge in [0.1, 0.15) is 22.9 Å². The number of nitrogens with one attached hydrogen (secondary N) is 2. The van der Waals surface area contributed by atoms with Crippen molar-refractivity contribution in [3.05, 3.63) is 101 Å². The van der Waals surface area contributed by atoms with Gasteiger partial charge in [-0.25, -0.2) is 18.5 Å². The van der Waals surface area contributed by atoms with Gasteiger partial charge in [-0.15, -0.1) is 0 Å². The minimum atomic E-state index is -1.43. The third-order valence-corrected chi connectivity index (χ3v) is 7.18. The lowest BCUT2D eigenvalue weighted by Gasteiger charge is -2.24. The number of nitrogens with zero attached hydrogens (tertiary/aromatic N) is 3. The highest BCUT2D eigenvalue weighted by Gasteiger charge is 2.35. The average Bonchev–Trinajstić information content (AvgIpc) is 3.29. The van der Waals surface area contributed by atoms with Crippen molar-refractivity contribution in [3.8, 4) is 17.1 Å². The zero-order valence-electron chi connectivity index (χ0n) is 22.2. The maximum atomic E-state index is 14.9. The molecule has 1 aromatic heterocycles. The molecule has 0 aliphatic carbocycles. The minimum Gasteiger partial charge on any atom is -0.477 e. The molecule has 3 aromatic carbocycles. The Morgan fingerprint density at radius 2 is 1.76 bits per heavy atom. The topological polar surface area (TPSA) is 97.6 Å². The normalized spacial score (nSPS) is 17.8. The van der Waals surface area contributed by atoms with E-state index in [1.165, 1.54) is 24.3 Å². The van der Waals surface area contributed by atoms with E-state index in [9.17, 15) is 18.4 Å². The molecule has 8 nitrogen and oxygen atoms in total. The van der Waals surface area contributed by atoms with Crippen molar-refractivity contribution in [1.29, 1.82) is 0 Å². The summed E-state index contributed by atoms with van der Waals surface area (Å²) in [5.41, 5.74) is 1.54. The van der Waals surface area contributed by atoms with E-state index in [1.54, 1.807) is 47.1 Å². The highest BCUT2D eigenvalue weighted by molar-refractivity contribution is 6.20. The summed E-state index contributed by atoms with van der Waals surface area (Å²) in [5, 5.41) is 9.82. The van der Waals surface area contributed by atoms with Crippen LogP contribution in [-0.4, -0.2) is 40.1 Å². The maximum absolute atomic E-state index is 14.9. The fourth-order valence-electron chi connectivity index (χ4n) is 5.26. The number of aliphatic imine (C=N–C) groups is 1. The number of rotatable bonds is 6. The van der Waals surface area contributed by atoms with Crippen molar-refractivity contribution < 1.29 is 23.1 Å². The standard InChI is InChI=1S/C31H27F2N5O3/c1-2-9-18-16-38-31(41-17-18)24(27(37-38)20-12-6-7-14-22(20)32)29(39)36-28-30(40)35-26-21(13-8-15-23(26)33)25(34-28)19-10-4-3-5-11-19/h3-8,10-15,18,28H,2,9,16-17H2,1H3,(H,35,40)(H,36,39)/t18?,28-/m1/s1. The van der Waals surface area contributed by atoms with Gasteiger partial charge in [-0.3, -0.25) is 9.59 Å². The van der Waals surface area contributed by atoms with Gasteiger partial charge in [0.15, 0.2) is 0 Å². The first-order valence-electron chi connectivity index (χ1n) is 13.5. The van der Waals surface area contributed by atoms with Gasteiger partial charge in [0.25, 0.3) is 11.8 Å². The van der Waals surface area contributed by atoms with Crippen molar-refractivity contribution in [2.24, 2.45) is 10.9 Å². The number of aromatic nitrogens is 2. The molecule has 2 amide bonds. The van der Waals surface area contributed by atoms with Crippen LogP contribution in [0.4, 0.5) is 14.5 Å². The number of ether oxygens (including phenoxy) is 1. The van der Waals surface area contributed by atoms with E-state index in [4.69, 9.17) is 4.74 Å². The number of carbonyl (C=O) groups is 2. The molecule has 0 saturated heterocycles. The molecule has 41 heavy (non-hydrogen) atoms. The van der Waals surface area contributed by atoms with E-state index >= 15 is 0 Å². The molecule has 1 unspecified atom stereocenters. The lowest BCUT2D eigenvalue weighted by molar-refractivity contribution is -0.117. The van der Waals surface area contributed by atoms with Crippen molar-refractivity contribution in [1.82, 2.24) is 15.1 Å². The molecule has 6 rings (SSSR count). The lowest BCUT2D eigenvalue weighted by atomic mass is 10.0. The molecule has 3 heterocycles. The molecular weight excluding hydrogens is 528 g/mol. The predicted octanol–water partition coefficient (Wildman–Crippen LogP) is 5.18. The first-order chi connectivity index (χ1) is 19.9. The Labute approximate surface area is 235 Å². The quantitative estimate of drug-likeness (QED) is 0.343. The number of halogens is 2. The van der Waals surface area contributed by atoms with E-state index in [1.807, 2.05) is 6.07 Å². The van der Waals surface area contributed by atoms with Crippen molar-refractivity contribution in [2.45, 2.75) is 32.5 Å². The number of para-hydroxylation sites is 1. The van der Waals surface area contributed by atoms with Gasteiger partial charge in [0, 0.05) is 22.6 Å². The second kappa shape index (κ2) is 11.0. The Hall–Kier alpha value is -4.86. The first kappa shape index (κ1) is 26.4. The summed E-state index contributed by atoms with van der Waals surface area (Å²) in [7, 11) is 0. The van der Waals surface area contributed by atoms with Gasteiger partial charge in [-0.2, -0.15) is 5.10 Å². The van der Waals surface area contributed by atoms with Gasteiger partial charge < -0.3 is 15.4 Å². The van der Waals surface area contributed by atoms with Crippen LogP contribution in [0, 0.1) is 17.6 Å². The number of carbonyl (C=O) groups excluding carboxylic acids is 2. The van der Waals surface area contributed by atoms with Crippen molar-refractivity contribution in [3.63, 3.8) is 0 Å². The highest BCUT2D eigenvalue weighted by atomic mass is 19.1. The average molecular weight is 556 g/mol. The molecule has 0 fully saturated rings. The monoisotopic (exact) mass is 555 g/mol. The summed E-state index contributed by atoms with van der Waals surface area (Å²) in [5.74, 6) is -2.24. The Balaban J connectivity index is 1.42. The zero-order chi connectivity index (χ0) is 28.5. The predicted molar refractivity (Wildman–Crippen MR) is 150 cm³/mol. The van der Waals surface area contributed by atoms with Gasteiger partial charge in [-0.05, 0) is 24.6 Å². The van der Waals surface area contributed by atoms with Crippen LogP contribution in [0.15, 0.2) is 77.8 Å². The molecule has 0 radical (unpaired) electrons. The number of benzene rings is 3. The molecule has 208 valence electrons. The Morgan fingerprint density at radius 3 is 2.54 bits per heavy atom. The summed E-state index contributed by atoms with van der Waals surface area (Å²) in [6, 6.07) is 19.4. The molecule has 10 heteroatoms. The highest BCUT2D eigenvalue weighted by Crippen LogP contribution is 2.36. The van der Waals surface area contributed by atoms with Gasteiger partial charge in [-0.1, -0.05) is 67.9 Å². The fraction of sp³-hybridized carbons (Fsp3) is 0.226. The molecule has 2 aliphatic rings. The van der Waals surface area contributed by atoms with Crippen LogP contribution in [0.1, 0.15) is 41.3 Å². The maximum Gasteiger partial charge on any atom is 0.269 e. The summed E-state index contributed by atoms with van der Waals surface area (Å²) in [6.07, 6.45) is 0.441. The Bertz CT molecular complexity index is 1670. The molecular formula is C31H27F2N5O3. The number of hydrogen-bond acceptors (Lipinski definition) is 5. The molecule has 2 atom stereocenters. The number of hydrogen-bond donors (Lipinski definition) is 2. The van der Waals surface area contributed by atoms with Crippen LogP contribution in [0.25, 0.3) is 11.3 Å². The second-order valence-corrected chi connectivity index (χ2v) is 10.0. The smallest absolute Gasteiger partial charge is 0.269 e. The van der Waals surface area contributed by atoms with Crippen LogP contribution >= 0.6 is 0 Å². The molecule has 2 aliphatic heterocycles. The number of benzodiazepines with no additional fused rings is 1. The van der Waals surface area contributed by atoms with Crippen LogP contribution in [-0.2, 0) is 11.3 Å². The van der Waals surface area contributed by atoms with Crippen LogP contribution < -0.4 is 15.4 Å². The SMILES string of the molecule is CCCC1COc2c(C(=O)N[C@H]3N=C(c4ccccc4)c4cccc(F)c4NC3=O)c(-c3ccccc3F)nn2C1. The number of anilines is 1. The van der Waals surface area contributed by atoms with Gasteiger partial charge in [0.2, 0.25) is 12.0 Å². The van der Waals surface area contributed by atoms with E-state index in [0.29, 0.717) is 30.0 Å². The summed E-state index contributed by atoms with van der Waals surface area (Å²) in [4.78, 5) is 31.8. The summed E-state index contributed by atoms with van der Waals surface area (Å²) < 4.78 is 37.4. The van der Waals surface area contributed by atoms with E-state index in [2.05, 4.69) is 27.6 Å². The third kappa shape index (κ3) is 4.97. The Morgan fingerprint density at radius 1 is 1.02 bits per heavy atom. The zero-order valence-corrected chi connectivity index (χ0v) is 22.2. The third-order valence-electron chi connectivity index (χ3n) is 7.18. The number of fused-ring (bicyclic) bond motifs is 2. The van der Waals surface area contributed by atoms with Crippen LogP contribution in [0.3, 0.4) is 0 Å². The molecule has 4 aromatic rings. The van der Waals surface area contributed by atoms with E-state index in [0.717, 1.165) is 12.8 Å². The van der Waals surface area contributed by atoms with E-state index < -0.39 is 29.6 Å². The lowest BCUT2D eigenvalue weighted by Crippen LogP contribution is -2.42. The summed E-state index contributed by atoms with van der Waals surface area (Å²) >= 11 is 0. The summed E-state index contributed by atoms with van der Waals surface area (Å²) in [6.45, 7) is 2.96. The van der Waals surface area contributed by atoms with Crippen molar-refractivity contribution in [2.75, 3.05) is 11.9 Å². The van der Waals surface area contributed by atoms with Gasteiger partial charge >= 0.3 is 0 Å². The molecule has 0 spiro atoms. The Kier molecular flexibility index (Phi) is 7.05. The largest absolute Gasteiger partial charge is 0.477 e. The second-order valence-electron chi connectivity index (χ2n) is 10.0. The minimum absolute atomic E-state index is 0.00208.